The first-order valence-electron chi connectivity index (χ1n) is 11.4. The van der Waals surface area contributed by atoms with E-state index in [1.54, 1.807) is 17.7 Å². The number of aromatic amines is 1. The minimum absolute atomic E-state index is 0.0471. The van der Waals surface area contributed by atoms with Gasteiger partial charge in [-0.1, -0.05) is 0 Å². The Morgan fingerprint density at radius 1 is 1.28 bits per heavy atom. The van der Waals surface area contributed by atoms with Crippen LogP contribution >= 0.6 is 0 Å². The van der Waals surface area contributed by atoms with E-state index in [-0.39, 0.29) is 47.5 Å². The highest BCUT2D eigenvalue weighted by Crippen LogP contribution is 2.56. The summed E-state index contributed by atoms with van der Waals surface area (Å²) in [5.74, 6) is -1.11. The fourth-order valence-electron chi connectivity index (χ4n) is 5.71. The van der Waals surface area contributed by atoms with E-state index < -0.39 is 29.2 Å². The SMILES string of the molecule is Cn1cnc(C2CC3CC(O)(c4cc(C(F)(F)F)n[nH]4)CC3C2)c1C(=O)Nc1ccc(F)c(C#N)c1. The van der Waals surface area contributed by atoms with Gasteiger partial charge in [0.2, 0.25) is 0 Å². The van der Waals surface area contributed by atoms with Crippen LogP contribution in [0.15, 0.2) is 30.6 Å². The Kier molecular flexibility index (Phi) is 5.63. The van der Waals surface area contributed by atoms with Crippen molar-refractivity contribution in [3.05, 3.63) is 64.7 Å². The van der Waals surface area contributed by atoms with Crippen molar-refractivity contribution in [3.63, 3.8) is 0 Å². The zero-order valence-electron chi connectivity index (χ0n) is 19.1. The molecule has 2 heterocycles. The Bertz CT molecular complexity index is 1360. The van der Waals surface area contributed by atoms with Crippen LogP contribution in [-0.2, 0) is 18.8 Å². The Morgan fingerprint density at radius 3 is 2.58 bits per heavy atom. The molecule has 2 aromatic heterocycles. The quantitative estimate of drug-likeness (QED) is 0.462. The molecule has 2 atom stereocenters. The number of hydrogen-bond acceptors (Lipinski definition) is 5. The molecule has 12 heteroatoms. The van der Waals surface area contributed by atoms with E-state index in [4.69, 9.17) is 5.26 Å². The van der Waals surface area contributed by atoms with Crippen molar-refractivity contribution in [2.75, 3.05) is 5.32 Å². The fourth-order valence-corrected chi connectivity index (χ4v) is 5.71. The zero-order chi connectivity index (χ0) is 25.8. The Balaban J connectivity index is 1.31. The number of halogens is 4. The van der Waals surface area contributed by atoms with Gasteiger partial charge in [0.15, 0.2) is 5.69 Å². The van der Waals surface area contributed by atoms with Crippen molar-refractivity contribution < 1.29 is 27.5 Å². The number of fused-ring (bicyclic) bond motifs is 1. The maximum atomic E-state index is 13.6. The third-order valence-electron chi connectivity index (χ3n) is 7.32. The number of anilines is 1. The van der Waals surface area contributed by atoms with Crippen LogP contribution in [0.25, 0.3) is 0 Å². The van der Waals surface area contributed by atoms with Crippen molar-refractivity contribution in [1.29, 1.82) is 5.26 Å². The molecule has 3 N–H and O–H groups in total. The molecule has 2 fully saturated rings. The summed E-state index contributed by atoms with van der Waals surface area (Å²) < 4.78 is 54.0. The van der Waals surface area contributed by atoms with Crippen molar-refractivity contribution in [2.45, 2.75) is 43.4 Å². The molecule has 2 aliphatic carbocycles. The summed E-state index contributed by atoms with van der Waals surface area (Å²) in [5, 5.41) is 28.5. The second-order valence-electron chi connectivity index (χ2n) is 9.64. The lowest BCUT2D eigenvalue weighted by Gasteiger charge is -2.23. The molecule has 2 aliphatic rings. The number of hydrogen-bond donors (Lipinski definition) is 3. The number of imidazole rings is 1. The number of carbonyl (C=O) groups is 1. The normalized spacial score (nSPS) is 25.5. The molecule has 188 valence electrons. The van der Waals surface area contributed by atoms with Gasteiger partial charge in [-0.3, -0.25) is 9.89 Å². The van der Waals surface area contributed by atoms with Gasteiger partial charge in [-0.25, -0.2) is 9.37 Å². The standard InChI is InChI=1S/C24H22F4N6O2/c1-34-11-30-20(21(34)22(35)31-16-2-3-17(25)15(6-16)10-29)12-4-13-8-23(36,9-14(13)5-12)18-7-19(33-32-18)24(26,27)28/h2-3,6-7,11-14,36H,4-5,8-9H2,1H3,(H,31,35)(H,32,33). The molecule has 1 aromatic carbocycles. The van der Waals surface area contributed by atoms with E-state index in [2.05, 4.69) is 20.5 Å². The summed E-state index contributed by atoms with van der Waals surface area (Å²) in [6.07, 6.45) is -1.24. The molecular weight excluding hydrogens is 480 g/mol. The number of benzene rings is 1. The maximum Gasteiger partial charge on any atom is 0.435 e. The molecule has 1 amide bonds. The molecule has 36 heavy (non-hydrogen) atoms. The van der Waals surface area contributed by atoms with E-state index >= 15 is 0 Å². The number of nitriles is 1. The van der Waals surface area contributed by atoms with Crippen LogP contribution in [-0.4, -0.2) is 30.8 Å². The highest BCUT2D eigenvalue weighted by atomic mass is 19.4. The number of aliphatic hydroxyl groups is 1. The molecular formula is C24H22F4N6O2. The predicted molar refractivity (Wildman–Crippen MR) is 118 cm³/mol. The van der Waals surface area contributed by atoms with Crippen molar-refractivity contribution in [1.82, 2.24) is 19.7 Å². The van der Waals surface area contributed by atoms with E-state index in [1.165, 1.54) is 18.5 Å². The van der Waals surface area contributed by atoms with Gasteiger partial charge in [0.05, 0.1) is 23.3 Å². The number of aryl methyl sites for hydroxylation is 1. The fraction of sp³-hybridized carbons (Fsp3) is 0.417. The Hall–Kier alpha value is -3.72. The summed E-state index contributed by atoms with van der Waals surface area (Å²) in [6, 6.07) is 6.33. The Labute approximate surface area is 203 Å². The van der Waals surface area contributed by atoms with Crippen LogP contribution in [0.2, 0.25) is 0 Å². The number of aromatic nitrogens is 4. The van der Waals surface area contributed by atoms with Gasteiger partial charge in [0.1, 0.15) is 23.2 Å². The van der Waals surface area contributed by atoms with Crippen LogP contribution in [0.3, 0.4) is 0 Å². The lowest BCUT2D eigenvalue weighted by Crippen LogP contribution is -2.24. The van der Waals surface area contributed by atoms with E-state index in [0.717, 1.165) is 12.1 Å². The summed E-state index contributed by atoms with van der Waals surface area (Å²) in [6.45, 7) is 0. The number of amides is 1. The summed E-state index contributed by atoms with van der Waals surface area (Å²) >= 11 is 0. The molecule has 0 radical (unpaired) electrons. The first-order chi connectivity index (χ1) is 17.0. The smallest absolute Gasteiger partial charge is 0.384 e. The van der Waals surface area contributed by atoms with Crippen molar-refractivity contribution >= 4 is 11.6 Å². The minimum atomic E-state index is -4.59. The van der Waals surface area contributed by atoms with Crippen LogP contribution in [0.1, 0.15) is 64.7 Å². The monoisotopic (exact) mass is 502 g/mol. The average Bonchev–Trinajstić information content (AvgIpc) is 3.57. The maximum absolute atomic E-state index is 13.6. The minimum Gasteiger partial charge on any atom is -0.384 e. The van der Waals surface area contributed by atoms with E-state index in [1.807, 2.05) is 0 Å². The number of alkyl halides is 3. The molecule has 0 spiro atoms. The first-order valence-corrected chi connectivity index (χ1v) is 11.4. The van der Waals surface area contributed by atoms with Crippen LogP contribution < -0.4 is 5.32 Å². The number of nitrogens with zero attached hydrogens (tertiary/aromatic N) is 4. The summed E-state index contributed by atoms with van der Waals surface area (Å²) in [4.78, 5) is 17.5. The largest absolute Gasteiger partial charge is 0.435 e. The highest BCUT2D eigenvalue weighted by Gasteiger charge is 2.52. The number of H-pyrrole nitrogens is 1. The first kappa shape index (κ1) is 24.0. The highest BCUT2D eigenvalue weighted by molar-refractivity contribution is 6.04. The third kappa shape index (κ3) is 4.13. The second-order valence-corrected chi connectivity index (χ2v) is 9.64. The molecule has 5 rings (SSSR count). The topological polar surface area (TPSA) is 120 Å². The summed E-state index contributed by atoms with van der Waals surface area (Å²) in [7, 11) is 1.68. The van der Waals surface area contributed by atoms with Crippen LogP contribution in [0.4, 0.5) is 23.2 Å². The molecule has 0 bridgehead atoms. The number of carbonyl (C=O) groups excluding carboxylic acids is 1. The van der Waals surface area contributed by atoms with E-state index in [0.29, 0.717) is 24.2 Å². The molecule has 3 aromatic rings. The lowest BCUT2D eigenvalue weighted by atomic mass is 9.90. The second kappa shape index (κ2) is 8.44. The molecule has 0 aliphatic heterocycles. The average molecular weight is 502 g/mol. The summed E-state index contributed by atoms with van der Waals surface area (Å²) in [5.41, 5.74) is -1.40. The molecule has 0 saturated heterocycles. The third-order valence-corrected chi connectivity index (χ3v) is 7.32. The number of rotatable bonds is 4. The molecule has 2 unspecified atom stereocenters. The zero-order valence-corrected chi connectivity index (χ0v) is 19.1. The van der Waals surface area contributed by atoms with Gasteiger partial charge < -0.3 is 15.0 Å². The van der Waals surface area contributed by atoms with Crippen molar-refractivity contribution in [2.24, 2.45) is 18.9 Å². The number of nitrogens with one attached hydrogen (secondary N) is 2. The van der Waals surface area contributed by atoms with Gasteiger partial charge in [0, 0.05) is 18.7 Å². The van der Waals surface area contributed by atoms with E-state index in [9.17, 15) is 27.5 Å². The van der Waals surface area contributed by atoms with Crippen molar-refractivity contribution in [3.8, 4) is 6.07 Å². The van der Waals surface area contributed by atoms with Gasteiger partial charge in [-0.05, 0) is 61.8 Å². The van der Waals surface area contributed by atoms with Crippen LogP contribution in [0, 0.1) is 29.0 Å². The molecule has 2 saturated carbocycles. The van der Waals surface area contributed by atoms with Gasteiger partial charge in [-0.15, -0.1) is 0 Å². The molecule has 8 nitrogen and oxygen atoms in total. The van der Waals surface area contributed by atoms with Crippen LogP contribution in [0.5, 0.6) is 0 Å². The predicted octanol–water partition coefficient (Wildman–Crippen LogP) is 4.22. The van der Waals surface area contributed by atoms with Gasteiger partial charge in [0.25, 0.3) is 5.91 Å². The lowest BCUT2D eigenvalue weighted by molar-refractivity contribution is -0.141. The van der Waals surface area contributed by atoms with Gasteiger partial charge >= 0.3 is 6.18 Å². The van der Waals surface area contributed by atoms with Gasteiger partial charge in [-0.2, -0.15) is 23.5 Å². The Morgan fingerprint density at radius 2 is 1.97 bits per heavy atom.